The maximum Gasteiger partial charge on any atom is 0.312 e. The van der Waals surface area contributed by atoms with Gasteiger partial charge in [0.05, 0.1) is 22.5 Å². The Morgan fingerprint density at radius 3 is 2.68 bits per heavy atom. The number of nitrogens with zero attached hydrogens (tertiary/aromatic N) is 5. The molecule has 0 spiro atoms. The molecule has 1 aromatic carbocycles. The first kappa shape index (κ1) is 16.6. The molecule has 3 rings (SSSR count). The zero-order valence-electron chi connectivity index (χ0n) is 14.2. The molecule has 0 fully saturated rings. The number of hydrogen-bond acceptors (Lipinski definition) is 5. The number of carbonyl (C=O) groups is 1. The van der Waals surface area contributed by atoms with E-state index in [1.54, 1.807) is 13.8 Å². The third-order valence-electron chi connectivity index (χ3n) is 4.14. The van der Waals surface area contributed by atoms with E-state index in [9.17, 15) is 14.9 Å². The van der Waals surface area contributed by atoms with E-state index in [-0.39, 0.29) is 24.7 Å². The molecule has 0 saturated heterocycles. The average Bonchev–Trinajstić information content (AvgIpc) is 3.03. The fourth-order valence-corrected chi connectivity index (χ4v) is 2.83. The number of nitrogens with one attached hydrogen (secondary N) is 1. The number of rotatable bonds is 5. The summed E-state index contributed by atoms with van der Waals surface area (Å²) in [6.45, 7) is 3.33. The lowest BCUT2D eigenvalue weighted by Gasteiger charge is -2.06. The number of para-hydroxylation sites is 2. The van der Waals surface area contributed by atoms with Gasteiger partial charge in [-0.2, -0.15) is 5.10 Å². The third-order valence-corrected chi connectivity index (χ3v) is 4.14. The van der Waals surface area contributed by atoms with Gasteiger partial charge >= 0.3 is 5.69 Å². The van der Waals surface area contributed by atoms with Crippen molar-refractivity contribution in [1.29, 1.82) is 0 Å². The summed E-state index contributed by atoms with van der Waals surface area (Å²) in [5.41, 5.74) is 2.46. The van der Waals surface area contributed by atoms with Gasteiger partial charge in [-0.05, 0) is 26.0 Å². The van der Waals surface area contributed by atoms with Crippen molar-refractivity contribution < 1.29 is 9.72 Å². The number of aryl methyl sites for hydroxylation is 2. The summed E-state index contributed by atoms with van der Waals surface area (Å²) in [6.07, 6.45) is 0. The summed E-state index contributed by atoms with van der Waals surface area (Å²) in [7, 11) is 1.89. The highest BCUT2D eigenvalue weighted by molar-refractivity contribution is 5.77. The highest BCUT2D eigenvalue weighted by Crippen LogP contribution is 2.21. The molecule has 130 valence electrons. The summed E-state index contributed by atoms with van der Waals surface area (Å²) < 4.78 is 3.27. The SMILES string of the molecule is Cc1nn(CC(=O)NCc2nc3ccccc3n2C)c(C)c1[N+](=O)[O-]. The number of aromatic nitrogens is 4. The molecular weight excluding hydrogens is 324 g/mol. The summed E-state index contributed by atoms with van der Waals surface area (Å²) >= 11 is 0. The maximum absolute atomic E-state index is 12.2. The maximum atomic E-state index is 12.2. The van der Waals surface area contributed by atoms with E-state index in [1.165, 1.54) is 4.68 Å². The average molecular weight is 342 g/mol. The van der Waals surface area contributed by atoms with Crippen LogP contribution in [0.25, 0.3) is 11.0 Å². The first-order valence-electron chi connectivity index (χ1n) is 7.74. The van der Waals surface area contributed by atoms with Crippen molar-refractivity contribution in [3.8, 4) is 0 Å². The van der Waals surface area contributed by atoms with E-state index in [0.29, 0.717) is 11.4 Å². The van der Waals surface area contributed by atoms with Crippen LogP contribution in [0, 0.1) is 24.0 Å². The van der Waals surface area contributed by atoms with Crippen LogP contribution in [0.15, 0.2) is 24.3 Å². The predicted molar refractivity (Wildman–Crippen MR) is 90.9 cm³/mol. The highest BCUT2D eigenvalue weighted by atomic mass is 16.6. The van der Waals surface area contributed by atoms with Gasteiger partial charge < -0.3 is 9.88 Å². The number of hydrogen-bond donors (Lipinski definition) is 1. The Morgan fingerprint density at radius 1 is 1.32 bits per heavy atom. The van der Waals surface area contributed by atoms with Gasteiger partial charge in [-0.25, -0.2) is 4.98 Å². The van der Waals surface area contributed by atoms with Gasteiger partial charge in [0.25, 0.3) is 0 Å². The van der Waals surface area contributed by atoms with E-state index in [4.69, 9.17) is 0 Å². The van der Waals surface area contributed by atoms with Crippen molar-refractivity contribution in [3.63, 3.8) is 0 Å². The van der Waals surface area contributed by atoms with Crippen LogP contribution in [0.3, 0.4) is 0 Å². The largest absolute Gasteiger partial charge is 0.347 e. The molecule has 25 heavy (non-hydrogen) atoms. The molecule has 0 unspecified atom stereocenters. The van der Waals surface area contributed by atoms with E-state index < -0.39 is 4.92 Å². The Balaban J connectivity index is 1.70. The van der Waals surface area contributed by atoms with Crippen molar-refractivity contribution in [3.05, 3.63) is 51.6 Å². The quantitative estimate of drug-likeness (QED) is 0.560. The van der Waals surface area contributed by atoms with Crippen LogP contribution < -0.4 is 5.32 Å². The van der Waals surface area contributed by atoms with Gasteiger partial charge in [-0.15, -0.1) is 0 Å². The van der Waals surface area contributed by atoms with Crippen LogP contribution in [-0.4, -0.2) is 30.2 Å². The lowest BCUT2D eigenvalue weighted by molar-refractivity contribution is -0.386. The smallest absolute Gasteiger partial charge is 0.312 e. The minimum Gasteiger partial charge on any atom is -0.347 e. The first-order valence-corrected chi connectivity index (χ1v) is 7.74. The monoisotopic (exact) mass is 342 g/mol. The predicted octanol–water partition coefficient (Wildman–Crippen LogP) is 1.61. The van der Waals surface area contributed by atoms with Crippen LogP contribution in [0.5, 0.6) is 0 Å². The van der Waals surface area contributed by atoms with Crippen molar-refractivity contribution in [2.75, 3.05) is 0 Å². The Morgan fingerprint density at radius 2 is 2.04 bits per heavy atom. The molecule has 2 heterocycles. The van der Waals surface area contributed by atoms with Gasteiger partial charge in [0, 0.05) is 7.05 Å². The molecule has 2 aromatic heterocycles. The van der Waals surface area contributed by atoms with E-state index >= 15 is 0 Å². The molecule has 3 aromatic rings. The molecule has 1 N–H and O–H groups in total. The van der Waals surface area contributed by atoms with Crippen LogP contribution in [0.4, 0.5) is 5.69 Å². The fourth-order valence-electron chi connectivity index (χ4n) is 2.83. The highest BCUT2D eigenvalue weighted by Gasteiger charge is 2.22. The lowest BCUT2D eigenvalue weighted by atomic mass is 10.3. The normalized spacial score (nSPS) is 11.0. The van der Waals surface area contributed by atoms with Gasteiger partial charge in [-0.3, -0.25) is 19.6 Å². The van der Waals surface area contributed by atoms with Crippen LogP contribution in [-0.2, 0) is 24.9 Å². The second kappa shape index (κ2) is 6.34. The second-order valence-electron chi connectivity index (χ2n) is 5.79. The molecule has 0 radical (unpaired) electrons. The Bertz CT molecular complexity index is 972. The Kier molecular flexibility index (Phi) is 4.22. The first-order chi connectivity index (χ1) is 11.9. The van der Waals surface area contributed by atoms with Crippen molar-refractivity contribution in [2.45, 2.75) is 26.9 Å². The molecule has 0 bridgehead atoms. The van der Waals surface area contributed by atoms with E-state index in [0.717, 1.165) is 16.9 Å². The van der Waals surface area contributed by atoms with Gasteiger partial charge in [-0.1, -0.05) is 12.1 Å². The molecule has 0 aliphatic rings. The zero-order chi connectivity index (χ0) is 18.1. The summed E-state index contributed by atoms with van der Waals surface area (Å²) in [5, 5.41) is 17.9. The molecule has 0 atom stereocenters. The van der Waals surface area contributed by atoms with E-state index in [1.807, 2.05) is 35.9 Å². The zero-order valence-corrected chi connectivity index (χ0v) is 14.2. The standard InChI is InChI=1S/C16H18N6O3/c1-10-16(22(24)25)11(2)21(19-10)9-15(23)17-8-14-18-12-6-4-5-7-13(12)20(14)3/h4-7H,8-9H2,1-3H3,(H,17,23). The molecule has 0 aliphatic carbocycles. The number of imidazole rings is 1. The van der Waals surface area contributed by atoms with Gasteiger partial charge in [0.2, 0.25) is 5.91 Å². The molecule has 1 amide bonds. The Labute approximate surface area is 143 Å². The minimum atomic E-state index is -0.481. The number of amides is 1. The topological polar surface area (TPSA) is 108 Å². The fraction of sp³-hybridized carbons (Fsp3) is 0.312. The van der Waals surface area contributed by atoms with Gasteiger partial charge in [0.15, 0.2) is 0 Å². The molecule has 0 aliphatic heterocycles. The van der Waals surface area contributed by atoms with Crippen molar-refractivity contribution in [2.24, 2.45) is 7.05 Å². The minimum absolute atomic E-state index is 0.0526. The number of carbonyl (C=O) groups excluding carboxylic acids is 1. The summed E-state index contributed by atoms with van der Waals surface area (Å²) in [4.78, 5) is 27.2. The lowest BCUT2D eigenvalue weighted by Crippen LogP contribution is -2.29. The van der Waals surface area contributed by atoms with Crippen LogP contribution in [0.1, 0.15) is 17.2 Å². The second-order valence-corrected chi connectivity index (χ2v) is 5.79. The molecular formula is C16H18N6O3. The Hall–Kier alpha value is -3.23. The molecule has 9 heteroatoms. The van der Waals surface area contributed by atoms with Gasteiger partial charge in [0.1, 0.15) is 23.8 Å². The summed E-state index contributed by atoms with van der Waals surface area (Å²) in [6, 6.07) is 7.72. The molecule has 9 nitrogen and oxygen atoms in total. The van der Waals surface area contributed by atoms with E-state index in [2.05, 4.69) is 15.4 Å². The third kappa shape index (κ3) is 3.08. The number of benzene rings is 1. The number of nitro groups is 1. The number of fused-ring (bicyclic) bond motifs is 1. The van der Waals surface area contributed by atoms with Crippen molar-refractivity contribution in [1.82, 2.24) is 24.6 Å². The van der Waals surface area contributed by atoms with Crippen LogP contribution >= 0.6 is 0 Å². The molecule has 0 saturated carbocycles. The van der Waals surface area contributed by atoms with Crippen molar-refractivity contribution >= 4 is 22.6 Å². The summed E-state index contributed by atoms with van der Waals surface area (Å²) in [5.74, 6) is 0.446. The van der Waals surface area contributed by atoms with Crippen LogP contribution in [0.2, 0.25) is 0 Å².